The van der Waals surface area contributed by atoms with Crippen molar-refractivity contribution in [2.45, 2.75) is 19.3 Å². The van der Waals surface area contributed by atoms with E-state index >= 15 is 0 Å². The van der Waals surface area contributed by atoms with Crippen molar-refractivity contribution in [1.29, 1.82) is 0 Å². The first kappa shape index (κ1) is 39.3. The van der Waals surface area contributed by atoms with Gasteiger partial charge in [-0.05, 0) is 130 Å². The van der Waals surface area contributed by atoms with Crippen molar-refractivity contribution in [2.24, 2.45) is 0 Å². The Morgan fingerprint density at radius 2 is 0.803 bits per heavy atom. The van der Waals surface area contributed by atoms with E-state index in [1.165, 1.54) is 99.4 Å². The Labute approximate surface area is 387 Å². The largest absolute Gasteiger partial charge is 0.310 e. The van der Waals surface area contributed by atoms with Crippen LogP contribution in [0.1, 0.15) is 25.0 Å². The Morgan fingerprint density at radius 3 is 1.55 bits per heavy atom. The van der Waals surface area contributed by atoms with Crippen LogP contribution in [-0.4, -0.2) is 0 Å². The summed E-state index contributed by atoms with van der Waals surface area (Å²) in [5, 5.41) is 5.07. The number of hydrogen-bond acceptors (Lipinski definition) is 1. The van der Waals surface area contributed by atoms with E-state index in [0.717, 1.165) is 17.1 Å². The maximum atomic E-state index is 2.45. The third-order valence-electron chi connectivity index (χ3n) is 13.9. The molecule has 0 radical (unpaired) electrons. The molecular formula is C65H47N. The van der Waals surface area contributed by atoms with Crippen molar-refractivity contribution < 1.29 is 0 Å². The van der Waals surface area contributed by atoms with E-state index in [0.29, 0.717) is 0 Å². The first-order valence-corrected chi connectivity index (χ1v) is 23.0. The highest BCUT2D eigenvalue weighted by molar-refractivity contribution is 6.12. The van der Waals surface area contributed by atoms with Gasteiger partial charge in [-0.2, -0.15) is 0 Å². The van der Waals surface area contributed by atoms with Gasteiger partial charge in [-0.1, -0.05) is 226 Å². The predicted octanol–water partition coefficient (Wildman–Crippen LogP) is 18.1. The van der Waals surface area contributed by atoms with Gasteiger partial charge in [0.1, 0.15) is 0 Å². The summed E-state index contributed by atoms with van der Waals surface area (Å²) >= 11 is 0. The molecule has 312 valence electrons. The van der Waals surface area contributed by atoms with Crippen molar-refractivity contribution in [2.75, 3.05) is 4.90 Å². The number of fused-ring (bicyclic) bond motifs is 6. The van der Waals surface area contributed by atoms with Crippen LogP contribution in [0.5, 0.6) is 0 Å². The fraction of sp³-hybridized carbons (Fsp3) is 0.0462. The molecule has 11 aromatic carbocycles. The third kappa shape index (κ3) is 6.63. The SMILES string of the molecule is CC1(C)c2ccccc2-c2cccc(-c3ccccc3N(c3ccc(-c4ccc(-c5ccccc5)c(-c5ccccc5)c4)cc3)c3ccc(-c4cccc5c4ccc4ccccc45)cc3)c21. The van der Waals surface area contributed by atoms with E-state index in [2.05, 4.69) is 267 Å². The molecule has 0 heterocycles. The summed E-state index contributed by atoms with van der Waals surface area (Å²) < 4.78 is 0. The molecule has 1 aliphatic rings. The number of nitrogens with zero attached hydrogens (tertiary/aromatic N) is 1. The van der Waals surface area contributed by atoms with Crippen LogP contribution < -0.4 is 4.90 Å². The fourth-order valence-electron chi connectivity index (χ4n) is 10.7. The van der Waals surface area contributed by atoms with Gasteiger partial charge < -0.3 is 4.90 Å². The smallest absolute Gasteiger partial charge is 0.0540 e. The van der Waals surface area contributed by atoms with Gasteiger partial charge in [-0.25, -0.2) is 0 Å². The minimum absolute atomic E-state index is 0.164. The summed E-state index contributed by atoms with van der Waals surface area (Å²) in [4.78, 5) is 2.45. The molecule has 0 aromatic heterocycles. The van der Waals surface area contributed by atoms with Crippen LogP contribution in [0.15, 0.2) is 249 Å². The quantitative estimate of drug-likeness (QED) is 0.138. The Bertz CT molecular complexity index is 3580. The van der Waals surface area contributed by atoms with E-state index in [9.17, 15) is 0 Å². The van der Waals surface area contributed by atoms with Crippen LogP contribution in [-0.2, 0) is 5.41 Å². The molecule has 0 amide bonds. The molecule has 1 nitrogen and oxygen atoms in total. The van der Waals surface area contributed by atoms with Crippen LogP contribution in [0.2, 0.25) is 0 Å². The first-order valence-electron chi connectivity index (χ1n) is 23.0. The number of para-hydroxylation sites is 1. The zero-order chi connectivity index (χ0) is 44.2. The Hall–Kier alpha value is -8.26. The third-order valence-corrected chi connectivity index (χ3v) is 13.9. The van der Waals surface area contributed by atoms with Crippen LogP contribution in [0.3, 0.4) is 0 Å². The molecule has 0 fully saturated rings. The minimum atomic E-state index is -0.164. The van der Waals surface area contributed by atoms with E-state index < -0.39 is 0 Å². The van der Waals surface area contributed by atoms with E-state index in [1.807, 2.05) is 0 Å². The lowest BCUT2D eigenvalue weighted by Crippen LogP contribution is -2.17. The molecule has 1 heteroatoms. The second-order valence-electron chi connectivity index (χ2n) is 18.0. The van der Waals surface area contributed by atoms with Gasteiger partial charge in [0.05, 0.1) is 5.69 Å². The first-order chi connectivity index (χ1) is 32.5. The van der Waals surface area contributed by atoms with Crippen molar-refractivity contribution >= 4 is 38.6 Å². The average Bonchev–Trinajstić information content (AvgIpc) is 3.63. The molecule has 0 unspecified atom stereocenters. The molecule has 0 aliphatic heterocycles. The van der Waals surface area contributed by atoms with Crippen LogP contribution in [0, 0.1) is 0 Å². The van der Waals surface area contributed by atoms with Crippen LogP contribution in [0.25, 0.3) is 88.3 Å². The standard InChI is InChI=1S/C65H47N/c1-65(2)62-29-13-11-23-57(62)59-27-16-28-60(64(59)65)58-24-12-14-30-63(58)66(51-39-33-48(34-40-51)53-25-15-26-55-52-22-10-9-21-47(52)35-42-56(53)55)50-37-31-44(32-38-50)49-36-41-54(45-17-5-3-6-18-45)61(43-49)46-19-7-4-8-20-46/h3-43H,1-2H3. The molecule has 66 heavy (non-hydrogen) atoms. The van der Waals surface area contributed by atoms with Crippen LogP contribution in [0.4, 0.5) is 17.1 Å². The van der Waals surface area contributed by atoms with Gasteiger partial charge in [0, 0.05) is 22.4 Å². The molecule has 0 atom stereocenters. The Kier molecular flexibility index (Phi) is 9.58. The Morgan fingerprint density at radius 1 is 0.288 bits per heavy atom. The topological polar surface area (TPSA) is 3.24 Å². The molecule has 11 aromatic rings. The highest BCUT2D eigenvalue weighted by Crippen LogP contribution is 2.54. The molecule has 0 N–H and O–H groups in total. The molecule has 0 spiro atoms. The average molecular weight is 842 g/mol. The predicted molar refractivity (Wildman–Crippen MR) is 281 cm³/mol. The minimum Gasteiger partial charge on any atom is -0.310 e. The summed E-state index contributed by atoms with van der Waals surface area (Å²) in [6.07, 6.45) is 0. The van der Waals surface area contributed by atoms with E-state index in [4.69, 9.17) is 0 Å². The molecule has 0 saturated heterocycles. The summed E-state index contributed by atoms with van der Waals surface area (Å²) in [6, 6.07) is 91.3. The van der Waals surface area contributed by atoms with Gasteiger partial charge in [-0.15, -0.1) is 0 Å². The monoisotopic (exact) mass is 841 g/mol. The van der Waals surface area contributed by atoms with E-state index in [-0.39, 0.29) is 5.41 Å². The number of rotatable bonds is 8. The molecular weight excluding hydrogens is 795 g/mol. The van der Waals surface area contributed by atoms with Gasteiger partial charge in [0.25, 0.3) is 0 Å². The molecule has 12 rings (SSSR count). The van der Waals surface area contributed by atoms with Crippen molar-refractivity contribution in [1.82, 2.24) is 0 Å². The van der Waals surface area contributed by atoms with Crippen molar-refractivity contribution in [3.63, 3.8) is 0 Å². The lowest BCUT2D eigenvalue weighted by Gasteiger charge is -2.30. The lowest BCUT2D eigenvalue weighted by atomic mass is 9.78. The second-order valence-corrected chi connectivity index (χ2v) is 18.0. The van der Waals surface area contributed by atoms with Gasteiger partial charge >= 0.3 is 0 Å². The highest BCUT2D eigenvalue weighted by atomic mass is 15.1. The highest BCUT2D eigenvalue weighted by Gasteiger charge is 2.38. The summed E-state index contributed by atoms with van der Waals surface area (Å²) in [6.45, 7) is 4.76. The van der Waals surface area contributed by atoms with E-state index in [1.54, 1.807) is 0 Å². The van der Waals surface area contributed by atoms with Crippen molar-refractivity contribution in [3.8, 4) is 66.8 Å². The fourth-order valence-corrected chi connectivity index (χ4v) is 10.7. The molecule has 1 aliphatic carbocycles. The zero-order valence-electron chi connectivity index (χ0n) is 37.1. The number of hydrogen-bond donors (Lipinski definition) is 0. The Balaban J connectivity index is 0.996. The number of benzene rings is 11. The number of anilines is 3. The van der Waals surface area contributed by atoms with Gasteiger partial charge in [0.2, 0.25) is 0 Å². The summed E-state index contributed by atoms with van der Waals surface area (Å²) in [5.74, 6) is 0. The zero-order valence-corrected chi connectivity index (χ0v) is 37.1. The van der Waals surface area contributed by atoms with Gasteiger partial charge in [-0.3, -0.25) is 0 Å². The second kappa shape index (κ2) is 16.1. The van der Waals surface area contributed by atoms with Crippen LogP contribution >= 0.6 is 0 Å². The summed E-state index contributed by atoms with van der Waals surface area (Å²) in [7, 11) is 0. The molecule has 0 bridgehead atoms. The maximum Gasteiger partial charge on any atom is 0.0540 e. The summed E-state index contributed by atoms with van der Waals surface area (Å²) in [5.41, 5.74) is 20.7. The lowest BCUT2D eigenvalue weighted by molar-refractivity contribution is 0.662. The van der Waals surface area contributed by atoms with Crippen molar-refractivity contribution in [3.05, 3.63) is 260 Å². The van der Waals surface area contributed by atoms with Gasteiger partial charge in [0.15, 0.2) is 0 Å². The maximum absolute atomic E-state index is 2.45. The normalized spacial score (nSPS) is 12.5. The molecule has 0 saturated carbocycles.